The van der Waals surface area contributed by atoms with E-state index in [4.69, 9.17) is 22.4 Å². The number of ether oxygens (including phenoxy) is 2. The molecule has 0 aromatic heterocycles. The Hall–Kier alpha value is -0.0262. The lowest BCUT2D eigenvalue weighted by atomic mass is 10.1. The maximum absolute atomic E-state index is 7.21. The highest BCUT2D eigenvalue weighted by Gasteiger charge is 2.61. The van der Waals surface area contributed by atoms with Gasteiger partial charge in [-0.1, -0.05) is 61.5 Å². The van der Waals surface area contributed by atoms with E-state index in [0.717, 1.165) is 6.42 Å². The molecule has 7 heteroatoms. The van der Waals surface area contributed by atoms with E-state index in [0.29, 0.717) is 28.8 Å². The molecule has 5 nitrogen and oxygen atoms in total. The van der Waals surface area contributed by atoms with Crippen LogP contribution < -0.4 is 0 Å². The van der Waals surface area contributed by atoms with Crippen molar-refractivity contribution in [2.45, 2.75) is 108 Å². The summed E-state index contributed by atoms with van der Waals surface area (Å²) in [6.07, 6.45) is 2.14. The summed E-state index contributed by atoms with van der Waals surface area (Å²) in [4.78, 5) is 0. The molecule has 0 aliphatic carbocycles. The van der Waals surface area contributed by atoms with Crippen LogP contribution in [0.1, 0.15) is 61.8 Å². The topological polar surface area (TPSA) is 46.2 Å². The van der Waals surface area contributed by atoms with Crippen molar-refractivity contribution in [2.75, 3.05) is 13.7 Å². The second-order valence-corrected chi connectivity index (χ2v) is 18.3. The van der Waals surface area contributed by atoms with Crippen LogP contribution >= 0.6 is 0 Å². The van der Waals surface area contributed by atoms with Crippen LogP contribution in [0.2, 0.25) is 22.2 Å². The van der Waals surface area contributed by atoms with Crippen molar-refractivity contribution in [1.29, 1.82) is 0 Å². The molecule has 0 saturated carbocycles. The van der Waals surface area contributed by atoms with Gasteiger partial charge in [0.1, 0.15) is 18.3 Å². The summed E-state index contributed by atoms with van der Waals surface area (Å²) < 4.78 is 33.3. The molecule has 0 spiro atoms. The van der Waals surface area contributed by atoms with Gasteiger partial charge < -0.3 is 22.4 Å². The first-order valence-electron chi connectivity index (χ1n) is 10.9. The molecule has 0 amide bonds. The molecule has 0 N–H and O–H groups in total. The average Bonchev–Trinajstić information content (AvgIpc) is 2.90. The molecule has 2 saturated heterocycles. The maximum Gasteiger partial charge on any atom is 0.335 e. The highest BCUT2D eigenvalue weighted by molar-refractivity contribution is 6.83. The quantitative estimate of drug-likeness (QED) is 0.405. The van der Waals surface area contributed by atoms with Gasteiger partial charge in [-0.25, -0.2) is 0 Å². The van der Waals surface area contributed by atoms with E-state index in [9.17, 15) is 0 Å². The Morgan fingerprint density at radius 2 is 1.50 bits per heavy atom. The Labute approximate surface area is 174 Å². The molecule has 28 heavy (non-hydrogen) atoms. The zero-order valence-corrected chi connectivity index (χ0v) is 21.4. The van der Waals surface area contributed by atoms with Crippen LogP contribution in [0.5, 0.6) is 0 Å². The Kier molecular flexibility index (Phi) is 8.15. The van der Waals surface area contributed by atoms with E-state index < -0.39 is 17.1 Å². The third-order valence-corrected chi connectivity index (χ3v) is 16.7. The van der Waals surface area contributed by atoms with Crippen LogP contribution in [0.25, 0.3) is 0 Å². The number of rotatable bonds is 7. The van der Waals surface area contributed by atoms with Gasteiger partial charge >= 0.3 is 17.1 Å². The second kappa shape index (κ2) is 9.41. The largest absolute Gasteiger partial charge is 0.414 e. The SMILES string of the molecule is C=CC[C@H]1O[C@@H]2CO[Si](C(C)C)(C(C)C)O[Si](C(C)C)(C(C)C)O[C@H]2[C@H]1OC. The fraction of sp³-hybridized carbons (Fsp3) is 0.905. The molecule has 4 atom stereocenters. The maximum atomic E-state index is 7.21. The molecule has 2 heterocycles. The van der Waals surface area contributed by atoms with E-state index in [2.05, 4.69) is 62.0 Å². The predicted octanol–water partition coefficient (Wildman–Crippen LogP) is 5.30. The summed E-state index contributed by atoms with van der Waals surface area (Å²) in [6.45, 7) is 22.3. The third-order valence-electron chi connectivity index (χ3n) is 6.41. The van der Waals surface area contributed by atoms with E-state index in [1.54, 1.807) is 7.11 Å². The van der Waals surface area contributed by atoms with Gasteiger partial charge in [-0.05, 0) is 28.6 Å². The molecule has 0 unspecified atom stereocenters. The van der Waals surface area contributed by atoms with Crippen LogP contribution in [-0.4, -0.2) is 55.3 Å². The molecule has 0 aromatic carbocycles. The van der Waals surface area contributed by atoms with Crippen molar-refractivity contribution in [3.05, 3.63) is 12.7 Å². The van der Waals surface area contributed by atoms with Crippen LogP contribution in [-0.2, 0) is 22.4 Å². The van der Waals surface area contributed by atoms with Gasteiger partial charge in [-0.15, -0.1) is 6.58 Å². The molecular formula is C21H42O5Si2. The summed E-state index contributed by atoms with van der Waals surface area (Å²) in [5, 5.41) is 0. The fourth-order valence-corrected chi connectivity index (χ4v) is 16.1. The Bertz CT molecular complexity index is 507. The lowest BCUT2D eigenvalue weighted by Gasteiger charge is -2.51. The number of methoxy groups -OCH3 is 1. The standard InChI is InChI=1S/C21H42O5Si2/c1-11-12-18-20(22-10)21-19(24-18)13-23-27(14(2)3,15(4)5)26-28(25-21,16(6)7)17(8)9/h11,14-21H,1,12-13H2,2-10H3/t18-,19-,20+,21-/m1/s1. The minimum atomic E-state index is -2.63. The highest BCUT2D eigenvalue weighted by atomic mass is 28.5. The average molecular weight is 431 g/mol. The van der Waals surface area contributed by atoms with Crippen molar-refractivity contribution in [3.8, 4) is 0 Å². The summed E-state index contributed by atoms with van der Waals surface area (Å²) in [6, 6.07) is 0. The molecule has 164 valence electrons. The van der Waals surface area contributed by atoms with Crippen LogP contribution in [0, 0.1) is 0 Å². The van der Waals surface area contributed by atoms with Crippen molar-refractivity contribution < 1.29 is 22.4 Å². The Morgan fingerprint density at radius 1 is 0.964 bits per heavy atom. The van der Waals surface area contributed by atoms with Crippen molar-refractivity contribution in [1.82, 2.24) is 0 Å². The second-order valence-electron chi connectivity index (χ2n) is 9.49. The predicted molar refractivity (Wildman–Crippen MR) is 118 cm³/mol. The lowest BCUT2D eigenvalue weighted by molar-refractivity contribution is -0.0391. The minimum absolute atomic E-state index is 0.0561. The molecule has 2 rings (SSSR count). The minimum Gasteiger partial charge on any atom is -0.414 e. The van der Waals surface area contributed by atoms with Crippen LogP contribution in [0.3, 0.4) is 0 Å². The normalized spacial score (nSPS) is 32.6. The van der Waals surface area contributed by atoms with Crippen LogP contribution in [0.15, 0.2) is 12.7 Å². The molecule has 2 aliphatic heterocycles. The number of fused-ring (bicyclic) bond motifs is 1. The first-order chi connectivity index (χ1) is 13.1. The monoisotopic (exact) mass is 430 g/mol. The smallest absolute Gasteiger partial charge is 0.335 e. The van der Waals surface area contributed by atoms with Gasteiger partial charge in [0.2, 0.25) is 0 Å². The Morgan fingerprint density at radius 3 is 1.93 bits per heavy atom. The van der Waals surface area contributed by atoms with Crippen molar-refractivity contribution in [2.24, 2.45) is 0 Å². The Balaban J connectivity index is 2.54. The van der Waals surface area contributed by atoms with E-state index in [1.165, 1.54) is 0 Å². The van der Waals surface area contributed by atoms with Crippen molar-refractivity contribution in [3.63, 3.8) is 0 Å². The summed E-state index contributed by atoms with van der Waals surface area (Å²) in [7, 11) is -3.40. The summed E-state index contributed by atoms with van der Waals surface area (Å²) in [5.41, 5.74) is 1.27. The van der Waals surface area contributed by atoms with E-state index in [-0.39, 0.29) is 24.4 Å². The molecule has 0 aromatic rings. The molecule has 0 radical (unpaired) electrons. The van der Waals surface area contributed by atoms with Gasteiger partial charge in [0.15, 0.2) is 0 Å². The third kappa shape index (κ3) is 4.22. The van der Waals surface area contributed by atoms with Gasteiger partial charge in [0.25, 0.3) is 0 Å². The number of hydrogen-bond acceptors (Lipinski definition) is 5. The summed E-state index contributed by atoms with van der Waals surface area (Å²) >= 11 is 0. The zero-order chi connectivity index (χ0) is 21.3. The molecule has 0 bridgehead atoms. The van der Waals surface area contributed by atoms with Crippen molar-refractivity contribution >= 4 is 17.1 Å². The fourth-order valence-electron chi connectivity index (χ4n) is 4.86. The molecular weight excluding hydrogens is 388 g/mol. The van der Waals surface area contributed by atoms with E-state index in [1.807, 2.05) is 6.08 Å². The first-order valence-corrected chi connectivity index (χ1v) is 14.8. The van der Waals surface area contributed by atoms with Gasteiger partial charge in [-0.3, -0.25) is 0 Å². The van der Waals surface area contributed by atoms with Crippen LogP contribution in [0.4, 0.5) is 0 Å². The summed E-state index contributed by atoms with van der Waals surface area (Å²) in [5.74, 6) is 0. The molecule has 2 fully saturated rings. The van der Waals surface area contributed by atoms with Gasteiger partial charge in [0.05, 0.1) is 12.7 Å². The lowest BCUT2D eigenvalue weighted by Crippen LogP contribution is -2.66. The van der Waals surface area contributed by atoms with Gasteiger partial charge in [-0.2, -0.15) is 0 Å². The number of hydrogen-bond donors (Lipinski definition) is 0. The highest BCUT2D eigenvalue weighted by Crippen LogP contribution is 2.47. The first kappa shape index (κ1) is 24.2. The van der Waals surface area contributed by atoms with Gasteiger partial charge in [0, 0.05) is 7.11 Å². The zero-order valence-electron chi connectivity index (χ0n) is 19.4. The van der Waals surface area contributed by atoms with E-state index >= 15 is 0 Å². The molecule has 2 aliphatic rings.